The Hall–Kier alpha value is -3.17. The van der Waals surface area contributed by atoms with Crippen molar-refractivity contribution in [1.29, 1.82) is 0 Å². The number of hydrogen-bond acceptors (Lipinski definition) is 7. The summed E-state index contributed by atoms with van der Waals surface area (Å²) >= 11 is 7.21. The number of anilines is 2. The maximum atomic E-state index is 12.7. The van der Waals surface area contributed by atoms with Crippen LogP contribution in [0, 0.1) is 5.92 Å². The highest BCUT2D eigenvalue weighted by Gasteiger charge is 2.35. The second kappa shape index (κ2) is 9.54. The summed E-state index contributed by atoms with van der Waals surface area (Å²) < 4.78 is 10.6. The van der Waals surface area contributed by atoms with Crippen molar-refractivity contribution in [3.8, 4) is 11.5 Å². The Bertz CT molecular complexity index is 1140. The number of ether oxygens (including phenoxy) is 2. The third-order valence-electron chi connectivity index (χ3n) is 5.13. The van der Waals surface area contributed by atoms with Crippen LogP contribution in [0.25, 0.3) is 0 Å². The molecule has 32 heavy (non-hydrogen) atoms. The van der Waals surface area contributed by atoms with E-state index in [2.05, 4.69) is 15.5 Å². The lowest BCUT2D eigenvalue weighted by Gasteiger charge is -2.16. The molecule has 0 bridgehead atoms. The number of nitrogens with one attached hydrogen (secondary N) is 1. The van der Waals surface area contributed by atoms with Gasteiger partial charge in [-0.2, -0.15) is 0 Å². The molecular weight excluding hydrogens is 452 g/mol. The van der Waals surface area contributed by atoms with Crippen molar-refractivity contribution in [2.75, 3.05) is 31.0 Å². The van der Waals surface area contributed by atoms with Crippen LogP contribution in [0.3, 0.4) is 0 Å². The first kappa shape index (κ1) is 22.0. The minimum absolute atomic E-state index is 0.0983. The molecule has 2 amide bonds. The molecule has 1 N–H and O–H groups in total. The van der Waals surface area contributed by atoms with Crippen molar-refractivity contribution in [1.82, 2.24) is 10.2 Å². The van der Waals surface area contributed by atoms with Crippen molar-refractivity contribution in [2.24, 2.45) is 5.92 Å². The molecule has 1 fully saturated rings. The van der Waals surface area contributed by atoms with Gasteiger partial charge in [-0.05, 0) is 42.0 Å². The molecule has 0 aliphatic carbocycles. The summed E-state index contributed by atoms with van der Waals surface area (Å²) in [6.45, 7) is 0.309. The van der Waals surface area contributed by atoms with Gasteiger partial charge in [-0.1, -0.05) is 29.0 Å². The van der Waals surface area contributed by atoms with Gasteiger partial charge in [0.2, 0.25) is 16.9 Å². The predicted molar refractivity (Wildman–Crippen MR) is 123 cm³/mol. The fourth-order valence-electron chi connectivity index (χ4n) is 3.50. The SMILES string of the molecule is COc1ccc(Cc2nnc(NC(=O)[C@@H]3CC(=O)N(c4ccc(Cl)cc4)C3)s2)cc1OC. The summed E-state index contributed by atoms with van der Waals surface area (Å²) in [5, 5.41) is 12.8. The van der Waals surface area contributed by atoms with Crippen molar-refractivity contribution < 1.29 is 19.1 Å². The zero-order valence-electron chi connectivity index (χ0n) is 17.5. The van der Waals surface area contributed by atoms with Gasteiger partial charge in [0.25, 0.3) is 0 Å². The van der Waals surface area contributed by atoms with Crippen molar-refractivity contribution >= 4 is 45.6 Å². The number of methoxy groups -OCH3 is 2. The molecule has 8 nitrogen and oxygen atoms in total. The number of rotatable bonds is 7. The Balaban J connectivity index is 1.38. The number of amides is 2. The number of benzene rings is 2. The minimum atomic E-state index is -0.462. The van der Waals surface area contributed by atoms with E-state index in [1.807, 2.05) is 18.2 Å². The Morgan fingerprint density at radius 2 is 1.91 bits per heavy atom. The van der Waals surface area contributed by atoms with Gasteiger partial charge < -0.3 is 19.7 Å². The molecule has 0 saturated carbocycles. The molecule has 1 atom stereocenters. The molecule has 0 unspecified atom stereocenters. The predicted octanol–water partition coefficient (Wildman–Crippen LogP) is 3.79. The second-order valence-electron chi connectivity index (χ2n) is 7.24. The standard InChI is InChI=1S/C22H21ClN4O4S/c1-30-17-8-3-13(9-18(17)31-2)10-19-25-26-22(32-19)24-21(29)14-11-20(28)27(12-14)16-6-4-15(23)5-7-16/h3-9,14H,10-12H2,1-2H3,(H,24,26,29)/t14-/m1/s1. The van der Waals surface area contributed by atoms with Crippen LogP contribution in [0.2, 0.25) is 5.02 Å². The van der Waals surface area contributed by atoms with Gasteiger partial charge in [-0.25, -0.2) is 0 Å². The topological polar surface area (TPSA) is 93.7 Å². The summed E-state index contributed by atoms with van der Waals surface area (Å²) in [6.07, 6.45) is 0.686. The molecule has 1 aliphatic heterocycles. The normalized spacial score (nSPS) is 15.7. The zero-order chi connectivity index (χ0) is 22.7. The lowest BCUT2D eigenvalue weighted by Crippen LogP contribution is -2.28. The molecule has 166 valence electrons. The van der Waals surface area contributed by atoms with Crippen LogP contribution in [-0.2, 0) is 16.0 Å². The molecule has 1 saturated heterocycles. The van der Waals surface area contributed by atoms with E-state index in [0.29, 0.717) is 34.6 Å². The highest BCUT2D eigenvalue weighted by atomic mass is 35.5. The first-order valence-electron chi connectivity index (χ1n) is 9.87. The minimum Gasteiger partial charge on any atom is -0.493 e. The van der Waals surface area contributed by atoms with E-state index in [1.165, 1.54) is 11.3 Å². The summed E-state index contributed by atoms with van der Waals surface area (Å²) in [5.41, 5.74) is 1.71. The molecule has 1 aromatic heterocycles. The van der Waals surface area contributed by atoms with Crippen LogP contribution in [0.4, 0.5) is 10.8 Å². The number of nitrogens with zero attached hydrogens (tertiary/aromatic N) is 3. The van der Waals surface area contributed by atoms with Crippen LogP contribution in [-0.4, -0.2) is 42.8 Å². The van der Waals surface area contributed by atoms with E-state index in [0.717, 1.165) is 16.3 Å². The third kappa shape index (κ3) is 4.84. The number of carbonyl (C=O) groups is 2. The summed E-state index contributed by atoms with van der Waals surface area (Å²) in [4.78, 5) is 26.7. The third-order valence-corrected chi connectivity index (χ3v) is 6.23. The van der Waals surface area contributed by atoms with Gasteiger partial charge in [0, 0.05) is 30.1 Å². The summed E-state index contributed by atoms with van der Waals surface area (Å²) in [6, 6.07) is 12.6. The average Bonchev–Trinajstić information content (AvgIpc) is 3.40. The highest BCUT2D eigenvalue weighted by molar-refractivity contribution is 7.15. The average molecular weight is 473 g/mol. The van der Waals surface area contributed by atoms with E-state index in [4.69, 9.17) is 21.1 Å². The molecule has 0 radical (unpaired) electrons. The number of aromatic nitrogens is 2. The zero-order valence-corrected chi connectivity index (χ0v) is 19.1. The molecule has 2 aromatic carbocycles. The largest absolute Gasteiger partial charge is 0.493 e. The van der Waals surface area contributed by atoms with Gasteiger partial charge in [0.05, 0.1) is 20.1 Å². The Morgan fingerprint density at radius 3 is 2.62 bits per heavy atom. The van der Waals surface area contributed by atoms with Crippen molar-refractivity contribution in [3.05, 3.63) is 58.1 Å². The van der Waals surface area contributed by atoms with Crippen molar-refractivity contribution in [3.63, 3.8) is 0 Å². The van der Waals surface area contributed by atoms with Gasteiger partial charge in [-0.3, -0.25) is 9.59 Å². The van der Waals surface area contributed by atoms with E-state index in [9.17, 15) is 9.59 Å². The van der Waals surface area contributed by atoms with Gasteiger partial charge in [-0.15, -0.1) is 10.2 Å². The van der Waals surface area contributed by atoms with E-state index >= 15 is 0 Å². The first-order valence-corrected chi connectivity index (χ1v) is 11.1. The fraction of sp³-hybridized carbons (Fsp3) is 0.273. The number of carbonyl (C=O) groups excluding carboxylic acids is 2. The molecule has 0 spiro atoms. The van der Waals surface area contributed by atoms with Crippen LogP contribution in [0.1, 0.15) is 17.0 Å². The van der Waals surface area contributed by atoms with Gasteiger partial charge >= 0.3 is 0 Å². The Kier molecular flexibility index (Phi) is 6.57. The maximum Gasteiger partial charge on any atom is 0.231 e. The first-order chi connectivity index (χ1) is 15.5. The second-order valence-corrected chi connectivity index (χ2v) is 8.74. The van der Waals surface area contributed by atoms with Crippen LogP contribution in [0.15, 0.2) is 42.5 Å². The molecule has 3 aromatic rings. The molecule has 10 heteroatoms. The smallest absolute Gasteiger partial charge is 0.231 e. The Morgan fingerprint density at radius 1 is 1.16 bits per heavy atom. The highest BCUT2D eigenvalue weighted by Crippen LogP contribution is 2.30. The fourth-order valence-corrected chi connectivity index (χ4v) is 4.40. The Labute approximate surface area is 194 Å². The maximum absolute atomic E-state index is 12.7. The quantitative estimate of drug-likeness (QED) is 0.562. The molecule has 1 aliphatic rings. The van der Waals surface area contributed by atoms with Crippen molar-refractivity contribution in [2.45, 2.75) is 12.8 Å². The van der Waals surface area contributed by atoms with Gasteiger partial charge in [0.15, 0.2) is 11.5 Å². The van der Waals surface area contributed by atoms with Gasteiger partial charge in [0.1, 0.15) is 5.01 Å². The van der Waals surface area contributed by atoms with Crippen LogP contribution >= 0.6 is 22.9 Å². The molecular formula is C22H21ClN4O4S. The number of hydrogen-bond donors (Lipinski definition) is 1. The summed E-state index contributed by atoms with van der Waals surface area (Å²) in [5.74, 6) is 0.485. The van der Waals surface area contributed by atoms with E-state index in [1.54, 1.807) is 43.4 Å². The summed E-state index contributed by atoms with van der Waals surface area (Å²) in [7, 11) is 3.17. The van der Waals surface area contributed by atoms with Crippen LogP contribution < -0.4 is 19.7 Å². The van der Waals surface area contributed by atoms with Crippen LogP contribution in [0.5, 0.6) is 11.5 Å². The molecule has 2 heterocycles. The van der Waals surface area contributed by atoms with E-state index in [-0.39, 0.29) is 18.2 Å². The lowest BCUT2D eigenvalue weighted by atomic mass is 10.1. The van der Waals surface area contributed by atoms with E-state index < -0.39 is 5.92 Å². The lowest BCUT2D eigenvalue weighted by molar-refractivity contribution is -0.122. The monoisotopic (exact) mass is 472 g/mol. The molecule has 4 rings (SSSR count). The number of halogens is 1.